The van der Waals surface area contributed by atoms with Crippen LogP contribution in [0.25, 0.3) is 0 Å². The topological polar surface area (TPSA) is 35.8 Å². The number of hydrogen-bond donors (Lipinski definition) is 1. The van der Waals surface area contributed by atoms with Crippen molar-refractivity contribution in [3.63, 3.8) is 0 Å². The Kier molecular flexibility index (Phi) is 4.90. The molecule has 0 heterocycles. The van der Waals surface area contributed by atoms with Crippen LogP contribution in [0.2, 0.25) is 0 Å². The molecule has 0 amide bonds. The molecule has 7 heavy (non-hydrogen) atoms. The van der Waals surface area contributed by atoms with Crippen molar-refractivity contribution >= 4 is 11.8 Å². The molecule has 1 N–H and O–H groups in total. The number of nitrogens with zero attached hydrogens (tertiary/aromatic N) is 1. The molecule has 0 aliphatic rings. The number of nitrogens with one attached hydrogen (secondary N) is 1. The molecule has 0 rings (SSSR count). The van der Waals surface area contributed by atoms with Gasteiger partial charge in [0.25, 0.3) is 0 Å². The predicted octanol–water partition coefficient (Wildman–Crippen LogP) is 0.891. The normalized spacial score (nSPS) is 8.57. The van der Waals surface area contributed by atoms with Crippen molar-refractivity contribution in [2.75, 3.05) is 7.05 Å². The summed E-state index contributed by atoms with van der Waals surface area (Å²) in [5.41, 5.74) is 0. The fraction of sp³-hybridized carbons (Fsp3) is 0.250. The van der Waals surface area contributed by atoms with Crippen LogP contribution in [0.5, 0.6) is 0 Å². The van der Waals surface area contributed by atoms with Gasteiger partial charge in [-0.05, 0) is 11.8 Å². The first-order chi connectivity index (χ1) is 3.41. The van der Waals surface area contributed by atoms with Crippen molar-refractivity contribution in [1.82, 2.24) is 5.32 Å². The van der Waals surface area contributed by atoms with Gasteiger partial charge in [-0.3, -0.25) is 0 Å². The van der Waals surface area contributed by atoms with E-state index in [0.29, 0.717) is 0 Å². The maximum absolute atomic E-state index is 7.93. The lowest BCUT2D eigenvalue weighted by atomic mass is 11.0. The Hall–Kier alpha value is -0.620. The van der Waals surface area contributed by atoms with Gasteiger partial charge in [-0.2, -0.15) is 5.26 Å². The molecule has 0 aromatic carbocycles. The van der Waals surface area contributed by atoms with Crippen molar-refractivity contribution in [3.8, 4) is 5.40 Å². The van der Waals surface area contributed by atoms with Crippen LogP contribution in [0.1, 0.15) is 0 Å². The summed E-state index contributed by atoms with van der Waals surface area (Å²) in [5, 5.41) is 14.2. The Morgan fingerprint density at radius 3 is 3.00 bits per heavy atom. The van der Waals surface area contributed by atoms with Gasteiger partial charge in [0.05, 0.1) is 0 Å². The molecular formula is C4H6N2S. The van der Waals surface area contributed by atoms with Crippen molar-refractivity contribution in [2.45, 2.75) is 0 Å². The number of nitriles is 1. The summed E-state index contributed by atoms with van der Waals surface area (Å²) in [6, 6.07) is 0. The molecule has 0 fully saturated rings. The van der Waals surface area contributed by atoms with Crippen LogP contribution < -0.4 is 5.32 Å². The van der Waals surface area contributed by atoms with Gasteiger partial charge < -0.3 is 5.32 Å². The van der Waals surface area contributed by atoms with Crippen LogP contribution in [-0.2, 0) is 0 Å². The zero-order chi connectivity index (χ0) is 5.54. The first-order valence-corrected chi connectivity index (χ1v) is 2.67. The zero-order valence-corrected chi connectivity index (χ0v) is 4.83. The third-order valence-corrected chi connectivity index (χ3v) is 0.733. The number of rotatable bonds is 2. The van der Waals surface area contributed by atoms with E-state index >= 15 is 0 Å². The number of hydrogen-bond acceptors (Lipinski definition) is 3. The summed E-state index contributed by atoms with van der Waals surface area (Å²) in [7, 11) is 1.79. The average molecular weight is 114 g/mol. The van der Waals surface area contributed by atoms with E-state index in [1.807, 2.05) is 5.40 Å². The highest BCUT2D eigenvalue weighted by molar-refractivity contribution is 8.06. The average Bonchev–Trinajstić information content (AvgIpc) is 1.69. The van der Waals surface area contributed by atoms with Crippen LogP contribution in [0, 0.1) is 10.7 Å². The van der Waals surface area contributed by atoms with Gasteiger partial charge in [-0.1, -0.05) is 0 Å². The van der Waals surface area contributed by atoms with Gasteiger partial charge in [-0.25, -0.2) is 0 Å². The van der Waals surface area contributed by atoms with Crippen molar-refractivity contribution in [3.05, 3.63) is 11.6 Å². The summed E-state index contributed by atoms with van der Waals surface area (Å²) < 4.78 is 0. The first kappa shape index (κ1) is 6.38. The van der Waals surface area contributed by atoms with Crippen LogP contribution in [0.3, 0.4) is 0 Å². The molecule has 0 radical (unpaired) electrons. The third-order valence-electron chi connectivity index (χ3n) is 0.355. The summed E-state index contributed by atoms with van der Waals surface area (Å²) >= 11 is 1.10. The molecule has 0 saturated heterocycles. The van der Waals surface area contributed by atoms with Gasteiger partial charge in [0.1, 0.15) is 5.40 Å². The fourth-order valence-corrected chi connectivity index (χ4v) is 0.397. The Labute approximate surface area is 47.2 Å². The van der Waals surface area contributed by atoms with E-state index in [-0.39, 0.29) is 0 Å². The van der Waals surface area contributed by atoms with Crippen LogP contribution >= 0.6 is 11.8 Å². The molecule has 38 valence electrons. The van der Waals surface area contributed by atoms with Gasteiger partial charge in [-0.15, -0.1) is 0 Å². The lowest BCUT2D eigenvalue weighted by Crippen LogP contribution is -1.89. The second-order valence-electron chi connectivity index (χ2n) is 0.801. The minimum Gasteiger partial charge on any atom is -0.394 e. The van der Waals surface area contributed by atoms with Crippen molar-refractivity contribution in [2.24, 2.45) is 0 Å². The molecule has 0 saturated carbocycles. The summed E-state index contributed by atoms with van der Waals surface area (Å²) in [4.78, 5) is 0. The van der Waals surface area contributed by atoms with Crippen LogP contribution in [0.4, 0.5) is 0 Å². The molecule has 0 spiro atoms. The Bertz CT molecular complexity index is 92.4. The minimum atomic E-state index is 1.10. The highest BCUT2D eigenvalue weighted by atomic mass is 32.2. The van der Waals surface area contributed by atoms with Crippen LogP contribution in [0.15, 0.2) is 11.6 Å². The van der Waals surface area contributed by atoms with E-state index in [1.54, 1.807) is 18.7 Å². The Morgan fingerprint density at radius 2 is 2.57 bits per heavy atom. The molecular weight excluding hydrogens is 108 g/mol. The Balaban J connectivity index is 2.97. The van der Waals surface area contributed by atoms with Gasteiger partial charge in [0.15, 0.2) is 0 Å². The summed E-state index contributed by atoms with van der Waals surface area (Å²) in [6.45, 7) is 0. The van der Waals surface area contributed by atoms with E-state index in [2.05, 4.69) is 5.32 Å². The standard InChI is InChI=1S/C4H6N2S/c1-6-2-3-7-4-5/h2-3,6H,1H3/b3-2-. The summed E-state index contributed by atoms with van der Waals surface area (Å²) in [5.74, 6) is 0. The lowest BCUT2D eigenvalue weighted by Gasteiger charge is -1.77. The molecule has 2 nitrogen and oxygen atoms in total. The molecule has 0 aromatic rings. The number of thioether (sulfide) groups is 1. The van der Waals surface area contributed by atoms with Gasteiger partial charge in [0, 0.05) is 18.7 Å². The van der Waals surface area contributed by atoms with E-state index in [1.165, 1.54) is 0 Å². The van der Waals surface area contributed by atoms with Gasteiger partial charge >= 0.3 is 0 Å². The molecule has 0 unspecified atom stereocenters. The highest BCUT2D eigenvalue weighted by Crippen LogP contribution is 1.93. The molecule has 0 aromatic heterocycles. The molecule has 0 bridgehead atoms. The first-order valence-electron chi connectivity index (χ1n) is 1.79. The highest BCUT2D eigenvalue weighted by Gasteiger charge is 1.65. The second-order valence-corrected chi connectivity index (χ2v) is 1.49. The molecule has 3 heteroatoms. The van der Waals surface area contributed by atoms with E-state index in [4.69, 9.17) is 5.26 Å². The predicted molar refractivity (Wildman–Crippen MR) is 31.4 cm³/mol. The van der Waals surface area contributed by atoms with Crippen LogP contribution in [-0.4, -0.2) is 7.05 Å². The lowest BCUT2D eigenvalue weighted by molar-refractivity contribution is 1.11. The summed E-state index contributed by atoms with van der Waals surface area (Å²) in [6.07, 6.45) is 1.70. The minimum absolute atomic E-state index is 1.10. The van der Waals surface area contributed by atoms with Crippen molar-refractivity contribution in [1.29, 1.82) is 5.26 Å². The third kappa shape index (κ3) is 5.38. The SMILES string of the molecule is CN/C=C\SC#N. The van der Waals surface area contributed by atoms with E-state index in [0.717, 1.165) is 11.8 Å². The maximum atomic E-state index is 7.93. The smallest absolute Gasteiger partial charge is 0.138 e. The maximum Gasteiger partial charge on any atom is 0.138 e. The quantitative estimate of drug-likeness (QED) is 0.541. The molecule has 0 aliphatic heterocycles. The zero-order valence-electron chi connectivity index (χ0n) is 4.01. The Morgan fingerprint density at radius 1 is 1.86 bits per heavy atom. The van der Waals surface area contributed by atoms with Gasteiger partial charge in [0.2, 0.25) is 0 Å². The fourth-order valence-electron chi connectivity index (χ4n) is 0.132. The van der Waals surface area contributed by atoms with E-state index in [9.17, 15) is 0 Å². The molecule has 0 atom stereocenters. The molecule has 0 aliphatic carbocycles. The monoisotopic (exact) mass is 114 g/mol. The second kappa shape index (κ2) is 5.38. The number of thiocyanates is 1. The van der Waals surface area contributed by atoms with E-state index < -0.39 is 0 Å². The van der Waals surface area contributed by atoms with Crippen molar-refractivity contribution < 1.29 is 0 Å². The largest absolute Gasteiger partial charge is 0.394 e.